The third kappa shape index (κ3) is 5.35. The molecule has 2 N–H and O–H groups in total. The van der Waals surface area contributed by atoms with Crippen molar-refractivity contribution in [3.05, 3.63) is 59.2 Å². The quantitative estimate of drug-likeness (QED) is 0.750. The summed E-state index contributed by atoms with van der Waals surface area (Å²) in [7, 11) is 0. The van der Waals surface area contributed by atoms with Gasteiger partial charge in [0, 0.05) is 24.3 Å². The maximum atomic E-state index is 12.0. The maximum Gasteiger partial charge on any atom is 0.338 e. The summed E-state index contributed by atoms with van der Waals surface area (Å²) >= 11 is 0. The zero-order valence-corrected chi connectivity index (χ0v) is 14.9. The molecule has 0 saturated heterocycles. The van der Waals surface area contributed by atoms with Crippen molar-refractivity contribution in [3.8, 4) is 0 Å². The highest BCUT2D eigenvalue weighted by Crippen LogP contribution is 2.18. The van der Waals surface area contributed by atoms with Crippen molar-refractivity contribution in [2.75, 3.05) is 23.8 Å². The minimum absolute atomic E-state index is 0.0818. The second-order valence-corrected chi connectivity index (χ2v) is 5.77. The summed E-state index contributed by atoms with van der Waals surface area (Å²) in [5.74, 6) is -0.445. The summed E-state index contributed by atoms with van der Waals surface area (Å²) in [5.41, 5.74) is 4.58. The number of aryl methyl sites for hydroxylation is 1. The second kappa shape index (κ2) is 8.87. The van der Waals surface area contributed by atoms with E-state index in [1.807, 2.05) is 12.1 Å². The molecule has 25 heavy (non-hydrogen) atoms. The minimum atomic E-state index is -0.363. The number of nitrogens with one attached hydrogen (secondary N) is 2. The number of rotatable bonds is 7. The fraction of sp³-hybridized carbons (Fsp3) is 0.300. The molecule has 0 aliphatic carbocycles. The van der Waals surface area contributed by atoms with E-state index in [1.165, 1.54) is 11.1 Å². The number of amides is 1. The number of esters is 1. The monoisotopic (exact) mass is 340 g/mol. The molecule has 0 spiro atoms. The summed E-state index contributed by atoms with van der Waals surface area (Å²) in [6, 6.07) is 12.7. The lowest BCUT2D eigenvalue weighted by atomic mass is 10.1. The number of ether oxygens (including phenoxy) is 1. The van der Waals surface area contributed by atoms with Crippen molar-refractivity contribution in [1.29, 1.82) is 0 Å². The summed E-state index contributed by atoms with van der Waals surface area (Å²) in [4.78, 5) is 23.6. The van der Waals surface area contributed by atoms with Crippen LogP contribution in [0.1, 0.15) is 34.8 Å². The zero-order valence-electron chi connectivity index (χ0n) is 14.9. The zero-order chi connectivity index (χ0) is 18.2. The second-order valence-electron chi connectivity index (χ2n) is 5.77. The topological polar surface area (TPSA) is 67.4 Å². The van der Waals surface area contributed by atoms with Crippen LogP contribution >= 0.6 is 0 Å². The number of anilines is 2. The molecule has 0 bridgehead atoms. The lowest BCUT2D eigenvalue weighted by Crippen LogP contribution is -2.16. The Morgan fingerprint density at radius 3 is 2.44 bits per heavy atom. The van der Waals surface area contributed by atoms with Crippen molar-refractivity contribution >= 4 is 23.3 Å². The van der Waals surface area contributed by atoms with E-state index >= 15 is 0 Å². The lowest BCUT2D eigenvalue weighted by Gasteiger charge is -2.11. The van der Waals surface area contributed by atoms with Gasteiger partial charge in [0.15, 0.2) is 0 Å². The first kappa shape index (κ1) is 18.5. The standard InChI is InChI=1S/C20H24N2O3/c1-4-25-20(24)16-8-10-17(11-9-16)22-19(23)12-13-21-18-7-5-6-14(2)15(18)3/h5-11,21H,4,12-13H2,1-3H3,(H,22,23). The summed E-state index contributed by atoms with van der Waals surface area (Å²) in [6.45, 7) is 6.77. The van der Waals surface area contributed by atoms with Gasteiger partial charge in [-0.25, -0.2) is 4.79 Å². The van der Waals surface area contributed by atoms with Crippen LogP contribution in [0.2, 0.25) is 0 Å². The first-order valence-corrected chi connectivity index (χ1v) is 8.38. The van der Waals surface area contributed by atoms with Crippen molar-refractivity contribution < 1.29 is 14.3 Å². The van der Waals surface area contributed by atoms with Gasteiger partial charge in [-0.2, -0.15) is 0 Å². The number of hydrogen-bond acceptors (Lipinski definition) is 4. The van der Waals surface area contributed by atoms with E-state index in [2.05, 4.69) is 30.5 Å². The van der Waals surface area contributed by atoms with E-state index < -0.39 is 0 Å². The van der Waals surface area contributed by atoms with Gasteiger partial charge in [0.2, 0.25) is 5.91 Å². The third-order valence-electron chi connectivity index (χ3n) is 3.95. The fourth-order valence-electron chi connectivity index (χ4n) is 2.38. The highest BCUT2D eigenvalue weighted by molar-refractivity contribution is 5.93. The Hall–Kier alpha value is -2.82. The molecule has 0 unspecified atom stereocenters. The van der Waals surface area contributed by atoms with Crippen LogP contribution in [-0.4, -0.2) is 25.0 Å². The van der Waals surface area contributed by atoms with Crippen LogP contribution in [0, 0.1) is 13.8 Å². The predicted octanol–water partition coefficient (Wildman–Crippen LogP) is 3.92. The Morgan fingerprint density at radius 2 is 1.76 bits per heavy atom. The molecule has 0 aliphatic rings. The average molecular weight is 340 g/mol. The van der Waals surface area contributed by atoms with Gasteiger partial charge in [0.1, 0.15) is 0 Å². The average Bonchev–Trinajstić information content (AvgIpc) is 2.59. The lowest BCUT2D eigenvalue weighted by molar-refractivity contribution is -0.115. The number of carbonyl (C=O) groups is 2. The van der Waals surface area contributed by atoms with Crippen molar-refractivity contribution in [3.63, 3.8) is 0 Å². The van der Waals surface area contributed by atoms with Crippen LogP contribution in [-0.2, 0) is 9.53 Å². The van der Waals surface area contributed by atoms with Gasteiger partial charge in [-0.15, -0.1) is 0 Å². The van der Waals surface area contributed by atoms with Crippen molar-refractivity contribution in [2.24, 2.45) is 0 Å². The van der Waals surface area contributed by atoms with E-state index in [0.29, 0.717) is 30.8 Å². The molecule has 0 fully saturated rings. The summed E-state index contributed by atoms with van der Waals surface area (Å²) < 4.78 is 4.93. The molecule has 0 aliphatic heterocycles. The van der Waals surface area contributed by atoms with E-state index in [4.69, 9.17) is 4.74 Å². The molecule has 2 aromatic rings. The Labute approximate surface area is 148 Å². The highest BCUT2D eigenvalue weighted by atomic mass is 16.5. The fourth-order valence-corrected chi connectivity index (χ4v) is 2.38. The molecule has 1 amide bonds. The summed E-state index contributed by atoms with van der Waals surface area (Å²) in [5, 5.41) is 6.11. The maximum absolute atomic E-state index is 12.0. The highest BCUT2D eigenvalue weighted by Gasteiger charge is 2.07. The first-order chi connectivity index (χ1) is 12.0. The smallest absolute Gasteiger partial charge is 0.338 e. The van der Waals surface area contributed by atoms with E-state index in [-0.39, 0.29) is 11.9 Å². The predicted molar refractivity (Wildman–Crippen MR) is 100 cm³/mol. The molecule has 5 heteroatoms. The van der Waals surface area contributed by atoms with Crippen LogP contribution in [0.15, 0.2) is 42.5 Å². The van der Waals surface area contributed by atoms with Gasteiger partial charge in [0.05, 0.1) is 12.2 Å². The van der Waals surface area contributed by atoms with Gasteiger partial charge >= 0.3 is 5.97 Å². The van der Waals surface area contributed by atoms with Gasteiger partial charge < -0.3 is 15.4 Å². The Bertz CT molecular complexity index is 739. The van der Waals surface area contributed by atoms with Crippen molar-refractivity contribution in [1.82, 2.24) is 0 Å². The molecule has 0 atom stereocenters. The SMILES string of the molecule is CCOC(=O)c1ccc(NC(=O)CCNc2cccc(C)c2C)cc1. The molecule has 0 radical (unpaired) electrons. The third-order valence-corrected chi connectivity index (χ3v) is 3.95. The number of carbonyl (C=O) groups excluding carboxylic acids is 2. The van der Waals surface area contributed by atoms with Crippen LogP contribution in [0.5, 0.6) is 0 Å². The number of benzene rings is 2. The molecule has 132 valence electrons. The molecular weight excluding hydrogens is 316 g/mol. The minimum Gasteiger partial charge on any atom is -0.462 e. The van der Waals surface area contributed by atoms with Gasteiger partial charge in [0.25, 0.3) is 0 Å². The molecule has 2 aromatic carbocycles. The van der Waals surface area contributed by atoms with E-state index in [9.17, 15) is 9.59 Å². The normalized spacial score (nSPS) is 10.2. The molecule has 5 nitrogen and oxygen atoms in total. The molecule has 0 saturated carbocycles. The number of hydrogen-bond donors (Lipinski definition) is 2. The first-order valence-electron chi connectivity index (χ1n) is 8.38. The van der Waals surface area contributed by atoms with Crippen molar-refractivity contribution in [2.45, 2.75) is 27.2 Å². The molecule has 2 rings (SSSR count). The Morgan fingerprint density at radius 1 is 1.04 bits per heavy atom. The van der Waals surface area contributed by atoms with Crippen LogP contribution in [0.4, 0.5) is 11.4 Å². The largest absolute Gasteiger partial charge is 0.462 e. The Kier molecular flexibility index (Phi) is 6.57. The van der Waals surface area contributed by atoms with Gasteiger partial charge in [-0.05, 0) is 62.2 Å². The summed E-state index contributed by atoms with van der Waals surface area (Å²) in [6.07, 6.45) is 0.354. The van der Waals surface area contributed by atoms with Crippen LogP contribution in [0.25, 0.3) is 0 Å². The van der Waals surface area contributed by atoms with Gasteiger partial charge in [-0.3, -0.25) is 4.79 Å². The van der Waals surface area contributed by atoms with Crippen LogP contribution in [0.3, 0.4) is 0 Å². The molecular formula is C20H24N2O3. The molecule has 0 aromatic heterocycles. The van der Waals surface area contributed by atoms with E-state index in [1.54, 1.807) is 31.2 Å². The molecule has 0 heterocycles. The van der Waals surface area contributed by atoms with Gasteiger partial charge in [-0.1, -0.05) is 12.1 Å². The van der Waals surface area contributed by atoms with E-state index in [0.717, 1.165) is 5.69 Å². The Balaban J connectivity index is 1.82. The van der Waals surface area contributed by atoms with Crippen LogP contribution < -0.4 is 10.6 Å².